The third-order valence-electron chi connectivity index (χ3n) is 9.49. The largest absolute Gasteiger partial charge is 0.432 e. The van der Waals surface area contributed by atoms with E-state index in [0.29, 0.717) is 28.3 Å². The summed E-state index contributed by atoms with van der Waals surface area (Å²) in [6.07, 6.45) is 1.28. The number of fused-ring (bicyclic) bond motifs is 2. The van der Waals surface area contributed by atoms with E-state index in [4.69, 9.17) is 4.74 Å². The number of carbonyl (C=O) groups excluding carboxylic acids is 3. The molecular weight excluding hydrogens is 611 g/mol. The first kappa shape index (κ1) is 32.3. The molecular formula is C37H39N3O6Si. The third-order valence-corrected chi connectivity index (χ3v) is 12.0. The average molecular weight is 650 g/mol. The number of hydrogen-bond donors (Lipinski definition) is 2. The summed E-state index contributed by atoms with van der Waals surface area (Å²) >= 11 is 0. The minimum absolute atomic E-state index is 0.140. The van der Waals surface area contributed by atoms with Gasteiger partial charge in [0.1, 0.15) is 0 Å². The Kier molecular flexibility index (Phi) is 8.86. The van der Waals surface area contributed by atoms with Crippen LogP contribution in [0.3, 0.4) is 0 Å². The zero-order chi connectivity index (χ0) is 33.3. The molecule has 9 nitrogen and oxygen atoms in total. The Morgan fingerprint density at radius 1 is 0.830 bits per heavy atom. The van der Waals surface area contributed by atoms with E-state index in [1.807, 2.05) is 123 Å². The van der Waals surface area contributed by atoms with Crippen molar-refractivity contribution in [2.75, 3.05) is 21.3 Å². The summed E-state index contributed by atoms with van der Waals surface area (Å²) in [6, 6.07) is 31.6. The monoisotopic (exact) mass is 649 g/mol. The molecule has 4 aromatic rings. The molecule has 2 heterocycles. The summed E-state index contributed by atoms with van der Waals surface area (Å²) in [6.45, 7) is 5.74. The molecule has 0 bridgehead atoms. The number of aliphatic hydroxyl groups excluding tert-OH is 1. The molecule has 0 aliphatic carbocycles. The number of benzene rings is 4. The van der Waals surface area contributed by atoms with E-state index in [9.17, 15) is 24.3 Å². The van der Waals surface area contributed by atoms with E-state index < -0.39 is 25.9 Å². The Hall–Kier alpha value is -4.61. The highest BCUT2D eigenvalue weighted by Gasteiger charge is 2.66. The van der Waals surface area contributed by atoms with Gasteiger partial charge in [-0.25, -0.2) is 0 Å². The molecule has 6 rings (SSSR count). The van der Waals surface area contributed by atoms with Crippen molar-refractivity contribution in [3.63, 3.8) is 0 Å². The van der Waals surface area contributed by atoms with Crippen molar-refractivity contribution in [2.45, 2.75) is 50.2 Å². The van der Waals surface area contributed by atoms with E-state index >= 15 is 0 Å². The standard InChI is InChI=1S/C37H39N3O6Si/c1-26-35(47(2,3)45)34(20-21-41)46-37(26)32-22-31(40(25-43)29-12-8-5-9-13-29)18-19-33(32)38(36(37)44)23-27-14-16-30(17-15-27)39(24-42)28-10-6-4-7-11-28/h4-19,22,24-26,34-35,41,45H,20-21,23H2,1-3H3/t26-,34+,35-,37+/m0/s1. The van der Waals surface area contributed by atoms with Gasteiger partial charge in [-0.1, -0.05) is 55.5 Å². The number of anilines is 5. The topological polar surface area (TPSA) is 111 Å². The van der Waals surface area contributed by atoms with Crippen molar-refractivity contribution in [1.82, 2.24) is 0 Å². The van der Waals surface area contributed by atoms with Crippen LogP contribution in [-0.4, -0.2) is 49.7 Å². The Balaban J connectivity index is 1.42. The average Bonchev–Trinajstić information content (AvgIpc) is 3.50. The van der Waals surface area contributed by atoms with Gasteiger partial charge >= 0.3 is 0 Å². The van der Waals surface area contributed by atoms with E-state index in [1.54, 1.807) is 9.80 Å². The Bertz CT molecular complexity index is 1750. The fraction of sp³-hybridized carbons (Fsp3) is 0.270. The zero-order valence-corrected chi connectivity index (χ0v) is 27.7. The van der Waals surface area contributed by atoms with Gasteiger partial charge in [-0.2, -0.15) is 0 Å². The first-order valence-corrected chi connectivity index (χ1v) is 18.8. The SMILES string of the molecule is C[C@H]1[C@H]([Si](C)(C)O)[C@@H](CCO)O[C@]12C(=O)N(Cc1ccc(N(C=O)c3ccccc3)cc1)c1ccc(N(C=O)c3ccccc3)cc12. The van der Waals surface area contributed by atoms with E-state index in [2.05, 4.69) is 0 Å². The molecule has 0 aromatic heterocycles. The second-order valence-corrected chi connectivity index (χ2v) is 16.7. The van der Waals surface area contributed by atoms with Crippen LogP contribution in [0.2, 0.25) is 18.6 Å². The lowest BCUT2D eigenvalue weighted by atomic mass is 9.82. The second-order valence-electron chi connectivity index (χ2n) is 12.8. The summed E-state index contributed by atoms with van der Waals surface area (Å²) in [5, 5.41) is 9.95. The highest BCUT2D eigenvalue weighted by Crippen LogP contribution is 2.60. The first-order chi connectivity index (χ1) is 22.6. The highest BCUT2D eigenvalue weighted by atomic mass is 28.4. The minimum atomic E-state index is -2.88. The molecule has 0 radical (unpaired) electrons. The number of carbonyl (C=O) groups is 3. The number of amides is 3. The summed E-state index contributed by atoms with van der Waals surface area (Å²) < 4.78 is 6.77. The molecule has 1 fully saturated rings. The maximum atomic E-state index is 14.8. The molecule has 0 unspecified atom stereocenters. The van der Waals surface area contributed by atoms with Gasteiger partial charge < -0.3 is 19.5 Å². The number of para-hydroxylation sites is 2. The van der Waals surface area contributed by atoms with Crippen molar-refractivity contribution in [3.05, 3.63) is 114 Å². The first-order valence-electron chi connectivity index (χ1n) is 15.8. The van der Waals surface area contributed by atoms with Gasteiger partial charge in [0.2, 0.25) is 12.8 Å². The molecule has 1 saturated heterocycles. The third kappa shape index (κ3) is 5.67. The fourth-order valence-electron chi connectivity index (χ4n) is 7.43. The van der Waals surface area contributed by atoms with Crippen LogP contribution in [0.5, 0.6) is 0 Å². The van der Waals surface area contributed by atoms with E-state index in [-0.39, 0.29) is 31.0 Å². The molecule has 10 heteroatoms. The van der Waals surface area contributed by atoms with Crippen LogP contribution in [-0.2, 0) is 31.3 Å². The molecule has 2 aliphatic rings. The summed E-state index contributed by atoms with van der Waals surface area (Å²) in [4.78, 5) is 55.4. The van der Waals surface area contributed by atoms with Crippen LogP contribution >= 0.6 is 0 Å². The quantitative estimate of drug-likeness (QED) is 0.152. The number of hydrogen-bond acceptors (Lipinski definition) is 6. The second kappa shape index (κ2) is 12.9. The van der Waals surface area contributed by atoms with Crippen LogP contribution in [0, 0.1) is 5.92 Å². The van der Waals surface area contributed by atoms with Crippen molar-refractivity contribution in [2.24, 2.45) is 5.92 Å². The van der Waals surface area contributed by atoms with Gasteiger partial charge in [0, 0.05) is 46.4 Å². The summed E-state index contributed by atoms with van der Waals surface area (Å²) in [5.41, 5.74) is 3.09. The van der Waals surface area contributed by atoms with Crippen LogP contribution in [0.1, 0.15) is 24.5 Å². The summed E-state index contributed by atoms with van der Waals surface area (Å²) in [7, 11) is -2.88. The molecule has 242 valence electrons. The fourth-order valence-corrected chi connectivity index (χ4v) is 10.0. The molecule has 1 spiro atoms. The molecule has 3 amide bonds. The lowest BCUT2D eigenvalue weighted by Crippen LogP contribution is -2.46. The van der Waals surface area contributed by atoms with Crippen LogP contribution in [0.15, 0.2) is 103 Å². The minimum Gasteiger partial charge on any atom is -0.432 e. The van der Waals surface area contributed by atoms with Gasteiger partial charge in [0.25, 0.3) is 5.91 Å². The summed E-state index contributed by atoms with van der Waals surface area (Å²) in [5.74, 6) is -0.658. The molecule has 47 heavy (non-hydrogen) atoms. The maximum absolute atomic E-state index is 14.8. The molecule has 4 aromatic carbocycles. The molecule has 4 atom stereocenters. The van der Waals surface area contributed by atoms with Crippen LogP contribution < -0.4 is 14.7 Å². The van der Waals surface area contributed by atoms with Crippen molar-refractivity contribution in [3.8, 4) is 0 Å². The number of rotatable bonds is 11. The number of ether oxygens (including phenoxy) is 1. The molecule has 0 saturated carbocycles. The predicted molar refractivity (Wildman–Crippen MR) is 184 cm³/mol. The van der Waals surface area contributed by atoms with Crippen molar-refractivity contribution >= 4 is 55.5 Å². The zero-order valence-electron chi connectivity index (χ0n) is 26.7. The molecule has 2 N–H and O–H groups in total. The highest BCUT2D eigenvalue weighted by molar-refractivity contribution is 6.71. The van der Waals surface area contributed by atoms with Gasteiger partial charge in [-0.3, -0.25) is 24.2 Å². The van der Waals surface area contributed by atoms with Gasteiger partial charge in [-0.05, 0) is 79.7 Å². The van der Waals surface area contributed by atoms with Crippen LogP contribution in [0.4, 0.5) is 28.4 Å². The van der Waals surface area contributed by atoms with Gasteiger partial charge in [0.15, 0.2) is 13.9 Å². The lowest BCUT2D eigenvalue weighted by molar-refractivity contribution is -0.146. The molecule has 2 aliphatic heterocycles. The Labute approximate surface area is 275 Å². The Morgan fingerprint density at radius 2 is 1.36 bits per heavy atom. The van der Waals surface area contributed by atoms with Gasteiger partial charge in [-0.15, -0.1) is 0 Å². The smallest absolute Gasteiger partial charge is 0.264 e. The predicted octanol–water partition coefficient (Wildman–Crippen LogP) is 6.00. The van der Waals surface area contributed by atoms with E-state index in [0.717, 1.165) is 24.1 Å². The lowest BCUT2D eigenvalue weighted by Gasteiger charge is -2.32. The number of aliphatic hydroxyl groups is 1. The Morgan fingerprint density at radius 3 is 1.89 bits per heavy atom. The normalized spacial score (nSPS) is 21.9. The van der Waals surface area contributed by atoms with E-state index in [1.165, 1.54) is 4.90 Å². The maximum Gasteiger partial charge on any atom is 0.264 e. The number of nitrogens with zero attached hydrogens (tertiary/aromatic N) is 3. The van der Waals surface area contributed by atoms with Crippen LogP contribution in [0.25, 0.3) is 0 Å². The van der Waals surface area contributed by atoms with Crippen molar-refractivity contribution < 1.29 is 29.0 Å². The van der Waals surface area contributed by atoms with Crippen molar-refractivity contribution in [1.29, 1.82) is 0 Å². The van der Waals surface area contributed by atoms with Gasteiger partial charge in [0.05, 0.1) is 18.3 Å².